The minimum absolute atomic E-state index is 0.230. The van der Waals surface area contributed by atoms with E-state index in [9.17, 15) is 8.42 Å². The summed E-state index contributed by atoms with van der Waals surface area (Å²) < 4.78 is 26.6. The Morgan fingerprint density at radius 1 is 1.56 bits per heavy atom. The van der Waals surface area contributed by atoms with Crippen molar-refractivity contribution in [3.63, 3.8) is 0 Å². The Kier molecular flexibility index (Phi) is 4.94. The molecule has 1 aromatic heterocycles. The number of rotatable bonds is 5. The Balaban J connectivity index is 2.74. The van der Waals surface area contributed by atoms with Crippen LogP contribution in [0.3, 0.4) is 0 Å². The lowest BCUT2D eigenvalue weighted by atomic mass is 10.4. The molecule has 1 rings (SSSR count). The molecule has 0 saturated heterocycles. The molecule has 0 saturated carbocycles. The van der Waals surface area contributed by atoms with E-state index in [-0.39, 0.29) is 10.8 Å². The molecular formula is C9H13ClN2O2S2. The highest BCUT2D eigenvalue weighted by atomic mass is 35.5. The van der Waals surface area contributed by atoms with Gasteiger partial charge in [-0.3, -0.25) is 0 Å². The summed E-state index contributed by atoms with van der Waals surface area (Å²) in [7, 11) is -3.45. The first kappa shape index (κ1) is 13.7. The van der Waals surface area contributed by atoms with E-state index in [2.05, 4.69) is 4.72 Å². The Bertz CT molecular complexity index is 460. The van der Waals surface area contributed by atoms with E-state index in [0.717, 1.165) is 16.9 Å². The summed E-state index contributed by atoms with van der Waals surface area (Å²) in [6, 6.07) is 1.56. The van der Waals surface area contributed by atoms with Gasteiger partial charge in [0.1, 0.15) is 4.21 Å². The number of thiophene rings is 1. The molecule has 0 aliphatic heterocycles. The fourth-order valence-electron chi connectivity index (χ4n) is 0.973. The second kappa shape index (κ2) is 5.79. The normalized spacial score (nSPS) is 12.4. The molecule has 0 aliphatic rings. The fourth-order valence-corrected chi connectivity index (χ4v) is 3.70. The first-order valence-electron chi connectivity index (χ1n) is 4.58. The lowest BCUT2D eigenvalue weighted by Crippen LogP contribution is -2.23. The van der Waals surface area contributed by atoms with Crippen LogP contribution >= 0.6 is 22.9 Å². The van der Waals surface area contributed by atoms with Crippen LogP contribution < -0.4 is 10.5 Å². The monoisotopic (exact) mass is 280 g/mol. The first-order chi connectivity index (χ1) is 7.47. The van der Waals surface area contributed by atoms with Gasteiger partial charge in [0, 0.05) is 13.1 Å². The van der Waals surface area contributed by atoms with E-state index >= 15 is 0 Å². The highest BCUT2D eigenvalue weighted by Gasteiger charge is 2.17. The van der Waals surface area contributed by atoms with E-state index in [1.54, 1.807) is 25.1 Å². The maximum Gasteiger partial charge on any atom is 0.250 e. The van der Waals surface area contributed by atoms with Crippen molar-refractivity contribution in [2.75, 3.05) is 13.1 Å². The van der Waals surface area contributed by atoms with Crippen LogP contribution in [0.4, 0.5) is 0 Å². The van der Waals surface area contributed by atoms with Crippen LogP contribution in [0.15, 0.2) is 22.4 Å². The SMILES string of the molecule is Cc1cc(S(=O)(=O)NC/C=C/CN)sc1Cl. The third-order valence-electron chi connectivity index (χ3n) is 1.79. The topological polar surface area (TPSA) is 72.2 Å². The summed E-state index contributed by atoms with van der Waals surface area (Å²) in [5.41, 5.74) is 6.00. The number of hydrogen-bond donors (Lipinski definition) is 2. The van der Waals surface area contributed by atoms with Gasteiger partial charge in [-0.05, 0) is 18.6 Å². The summed E-state index contributed by atoms with van der Waals surface area (Å²) in [4.78, 5) is 0. The van der Waals surface area contributed by atoms with Gasteiger partial charge < -0.3 is 5.73 Å². The van der Waals surface area contributed by atoms with Crippen LogP contribution in [0.5, 0.6) is 0 Å². The van der Waals surface area contributed by atoms with Crippen molar-refractivity contribution >= 4 is 33.0 Å². The number of hydrogen-bond acceptors (Lipinski definition) is 4. The van der Waals surface area contributed by atoms with Crippen molar-refractivity contribution in [1.82, 2.24) is 4.72 Å². The molecule has 0 bridgehead atoms. The van der Waals surface area contributed by atoms with Gasteiger partial charge in [-0.25, -0.2) is 13.1 Å². The molecule has 4 nitrogen and oxygen atoms in total. The van der Waals surface area contributed by atoms with Crippen molar-refractivity contribution in [3.05, 3.63) is 28.1 Å². The molecule has 0 spiro atoms. The van der Waals surface area contributed by atoms with Gasteiger partial charge in [0.05, 0.1) is 4.34 Å². The molecule has 90 valence electrons. The standard InChI is InChI=1S/C9H13ClN2O2S2/c1-7-6-8(15-9(7)10)16(13,14)12-5-3-2-4-11/h2-3,6,12H,4-5,11H2,1H3/b3-2+. The van der Waals surface area contributed by atoms with E-state index in [1.165, 1.54) is 0 Å². The lowest BCUT2D eigenvalue weighted by molar-refractivity contribution is 0.587. The summed E-state index contributed by atoms with van der Waals surface area (Å²) in [5, 5.41) is 0. The minimum atomic E-state index is -3.45. The van der Waals surface area contributed by atoms with E-state index in [1.807, 2.05) is 0 Å². The van der Waals surface area contributed by atoms with E-state index in [4.69, 9.17) is 17.3 Å². The molecule has 3 N–H and O–H groups in total. The Morgan fingerprint density at radius 3 is 2.75 bits per heavy atom. The Labute approximate surface area is 104 Å². The second-order valence-corrected chi connectivity index (χ2v) is 6.73. The van der Waals surface area contributed by atoms with Crippen molar-refractivity contribution in [1.29, 1.82) is 0 Å². The predicted molar refractivity (Wildman–Crippen MR) is 67.4 cm³/mol. The maximum atomic E-state index is 11.7. The second-order valence-electron chi connectivity index (χ2n) is 3.08. The van der Waals surface area contributed by atoms with Crippen LogP contribution in [0, 0.1) is 6.92 Å². The first-order valence-corrected chi connectivity index (χ1v) is 7.26. The highest BCUT2D eigenvalue weighted by molar-refractivity contribution is 7.91. The molecule has 16 heavy (non-hydrogen) atoms. The predicted octanol–water partition coefficient (Wildman–Crippen LogP) is 1.50. The zero-order valence-electron chi connectivity index (χ0n) is 8.73. The van der Waals surface area contributed by atoms with Gasteiger partial charge in [-0.1, -0.05) is 23.8 Å². The number of halogens is 1. The van der Waals surface area contributed by atoms with Crippen LogP contribution in [0.25, 0.3) is 0 Å². The molecule has 0 atom stereocenters. The molecule has 0 aromatic carbocycles. The van der Waals surface area contributed by atoms with Crippen molar-refractivity contribution < 1.29 is 8.42 Å². The molecule has 0 unspecified atom stereocenters. The molecule has 1 heterocycles. The molecule has 0 amide bonds. The van der Waals surface area contributed by atoms with Crippen molar-refractivity contribution in [2.24, 2.45) is 5.73 Å². The maximum absolute atomic E-state index is 11.7. The van der Waals surface area contributed by atoms with Crippen LogP contribution in [0.1, 0.15) is 5.56 Å². The molecular weight excluding hydrogens is 268 g/mol. The lowest BCUT2D eigenvalue weighted by Gasteiger charge is -2.00. The average Bonchev–Trinajstić information content (AvgIpc) is 2.55. The zero-order chi connectivity index (χ0) is 12.2. The van der Waals surface area contributed by atoms with Gasteiger partial charge >= 0.3 is 0 Å². The largest absolute Gasteiger partial charge is 0.327 e. The van der Waals surface area contributed by atoms with E-state index in [0.29, 0.717) is 10.9 Å². The van der Waals surface area contributed by atoms with Gasteiger partial charge in [-0.2, -0.15) is 0 Å². The highest BCUT2D eigenvalue weighted by Crippen LogP contribution is 2.29. The Morgan fingerprint density at radius 2 is 2.25 bits per heavy atom. The molecule has 0 fully saturated rings. The van der Waals surface area contributed by atoms with Gasteiger partial charge in [0.15, 0.2) is 0 Å². The smallest absolute Gasteiger partial charge is 0.250 e. The van der Waals surface area contributed by atoms with E-state index < -0.39 is 10.0 Å². The molecule has 0 aliphatic carbocycles. The minimum Gasteiger partial charge on any atom is -0.327 e. The summed E-state index contributed by atoms with van der Waals surface area (Å²) >= 11 is 6.87. The third kappa shape index (κ3) is 3.57. The van der Waals surface area contributed by atoms with Gasteiger partial charge in [0.2, 0.25) is 10.0 Å². The third-order valence-corrected chi connectivity index (χ3v) is 5.25. The molecule has 0 radical (unpaired) electrons. The number of nitrogens with one attached hydrogen (secondary N) is 1. The fraction of sp³-hybridized carbons (Fsp3) is 0.333. The number of nitrogens with two attached hydrogens (primary N) is 1. The van der Waals surface area contributed by atoms with Gasteiger partial charge in [0.25, 0.3) is 0 Å². The number of sulfonamides is 1. The van der Waals surface area contributed by atoms with Crippen LogP contribution in [0.2, 0.25) is 4.34 Å². The van der Waals surface area contributed by atoms with Crippen LogP contribution in [-0.4, -0.2) is 21.5 Å². The summed E-state index contributed by atoms with van der Waals surface area (Å²) in [6.45, 7) is 2.39. The zero-order valence-corrected chi connectivity index (χ0v) is 11.1. The summed E-state index contributed by atoms with van der Waals surface area (Å²) in [6.07, 6.45) is 3.36. The van der Waals surface area contributed by atoms with Gasteiger partial charge in [-0.15, -0.1) is 11.3 Å². The molecule has 1 aromatic rings. The quantitative estimate of drug-likeness (QED) is 0.803. The Hall–Kier alpha value is -0.400. The molecule has 7 heteroatoms. The van der Waals surface area contributed by atoms with Crippen molar-refractivity contribution in [2.45, 2.75) is 11.1 Å². The number of aryl methyl sites for hydroxylation is 1. The van der Waals surface area contributed by atoms with Crippen molar-refractivity contribution in [3.8, 4) is 0 Å². The van der Waals surface area contributed by atoms with Crippen LogP contribution in [-0.2, 0) is 10.0 Å². The average molecular weight is 281 g/mol. The summed E-state index contributed by atoms with van der Waals surface area (Å²) in [5.74, 6) is 0.